The van der Waals surface area contributed by atoms with Crippen molar-refractivity contribution >= 4 is 5.91 Å². The van der Waals surface area contributed by atoms with E-state index in [9.17, 15) is 9.18 Å². The van der Waals surface area contributed by atoms with E-state index in [0.29, 0.717) is 5.56 Å². The van der Waals surface area contributed by atoms with E-state index in [0.717, 1.165) is 12.8 Å². The Balaban J connectivity index is 2.07. The number of hydrogen-bond acceptors (Lipinski definition) is 1. The fourth-order valence-electron chi connectivity index (χ4n) is 1.26. The van der Waals surface area contributed by atoms with E-state index in [4.69, 9.17) is 0 Å². The minimum atomic E-state index is -0.320. The number of carbonyl (C=O) groups is 1. The third-order valence-electron chi connectivity index (χ3n) is 2.52. The van der Waals surface area contributed by atoms with Crippen molar-refractivity contribution in [2.45, 2.75) is 25.3 Å². The number of benzene rings is 1. The van der Waals surface area contributed by atoms with Gasteiger partial charge >= 0.3 is 0 Å². The average Bonchev–Trinajstić information content (AvgIpc) is 2.84. The Morgan fingerprint density at radius 3 is 2.43 bits per heavy atom. The summed E-state index contributed by atoms with van der Waals surface area (Å²) in [6, 6.07) is 5.58. The van der Waals surface area contributed by atoms with Crippen molar-refractivity contribution in [3.05, 3.63) is 35.6 Å². The molecule has 0 radical (unpaired) electrons. The highest BCUT2D eigenvalue weighted by Crippen LogP contribution is 2.34. The van der Waals surface area contributed by atoms with Crippen molar-refractivity contribution in [2.75, 3.05) is 0 Å². The van der Waals surface area contributed by atoms with E-state index in [1.165, 1.54) is 24.3 Å². The van der Waals surface area contributed by atoms with Crippen LogP contribution in [0.5, 0.6) is 0 Å². The van der Waals surface area contributed by atoms with Crippen LogP contribution in [0, 0.1) is 5.82 Å². The topological polar surface area (TPSA) is 29.1 Å². The Kier molecular flexibility index (Phi) is 2.02. The molecule has 1 aliphatic rings. The number of hydrogen-bond donors (Lipinski definition) is 1. The Morgan fingerprint density at radius 2 is 1.93 bits per heavy atom. The molecule has 1 fully saturated rings. The van der Waals surface area contributed by atoms with E-state index < -0.39 is 0 Å². The molecule has 0 heterocycles. The summed E-state index contributed by atoms with van der Waals surface area (Å²) in [6.45, 7) is 2.01. The zero-order chi connectivity index (χ0) is 10.2. The second kappa shape index (κ2) is 3.08. The summed E-state index contributed by atoms with van der Waals surface area (Å²) < 4.78 is 12.6. The van der Waals surface area contributed by atoms with E-state index in [-0.39, 0.29) is 17.3 Å². The van der Waals surface area contributed by atoms with Gasteiger partial charge in [0.15, 0.2) is 0 Å². The predicted molar refractivity (Wildman–Crippen MR) is 51.5 cm³/mol. The van der Waals surface area contributed by atoms with Crippen LogP contribution < -0.4 is 5.32 Å². The normalized spacial score (nSPS) is 17.6. The lowest BCUT2D eigenvalue weighted by atomic mass is 10.2. The van der Waals surface area contributed by atoms with Gasteiger partial charge in [-0.05, 0) is 44.0 Å². The van der Waals surface area contributed by atoms with E-state index in [1.54, 1.807) is 0 Å². The molecular weight excluding hydrogens is 181 g/mol. The Hall–Kier alpha value is -1.38. The van der Waals surface area contributed by atoms with Gasteiger partial charge in [0.1, 0.15) is 5.82 Å². The van der Waals surface area contributed by atoms with E-state index in [2.05, 4.69) is 5.32 Å². The van der Waals surface area contributed by atoms with Crippen LogP contribution in [0.1, 0.15) is 30.1 Å². The second-order valence-electron chi connectivity index (χ2n) is 4.02. The lowest BCUT2D eigenvalue weighted by molar-refractivity contribution is 0.0935. The zero-order valence-electron chi connectivity index (χ0n) is 8.01. The van der Waals surface area contributed by atoms with Crippen LogP contribution in [0.2, 0.25) is 0 Å². The van der Waals surface area contributed by atoms with Crippen molar-refractivity contribution in [1.82, 2.24) is 5.32 Å². The molecule has 3 heteroatoms. The molecule has 0 aromatic heterocycles. The van der Waals surface area contributed by atoms with Crippen LogP contribution in [0.3, 0.4) is 0 Å². The molecule has 1 aromatic rings. The number of carbonyl (C=O) groups excluding carboxylic acids is 1. The SMILES string of the molecule is CC1(NC(=O)c2ccc(F)cc2)CC1. The molecule has 2 rings (SSSR count). The molecule has 14 heavy (non-hydrogen) atoms. The maximum atomic E-state index is 12.6. The van der Waals surface area contributed by atoms with Gasteiger partial charge in [-0.25, -0.2) is 4.39 Å². The van der Waals surface area contributed by atoms with Crippen LogP contribution >= 0.6 is 0 Å². The lowest BCUT2D eigenvalue weighted by Crippen LogP contribution is -2.34. The van der Waals surface area contributed by atoms with Crippen molar-refractivity contribution in [1.29, 1.82) is 0 Å². The molecule has 1 amide bonds. The fraction of sp³-hybridized carbons (Fsp3) is 0.364. The smallest absolute Gasteiger partial charge is 0.251 e. The van der Waals surface area contributed by atoms with Gasteiger partial charge in [0, 0.05) is 11.1 Å². The molecule has 0 spiro atoms. The van der Waals surface area contributed by atoms with Crippen LogP contribution in [-0.4, -0.2) is 11.4 Å². The van der Waals surface area contributed by atoms with Gasteiger partial charge in [-0.1, -0.05) is 0 Å². The summed E-state index contributed by atoms with van der Waals surface area (Å²) in [5.41, 5.74) is 0.491. The summed E-state index contributed by atoms with van der Waals surface area (Å²) in [4.78, 5) is 11.6. The first-order chi connectivity index (χ1) is 6.59. The number of amides is 1. The van der Waals surface area contributed by atoms with E-state index in [1.807, 2.05) is 6.92 Å². The molecule has 1 N–H and O–H groups in total. The summed E-state index contributed by atoms with van der Waals surface area (Å²) in [6.07, 6.45) is 2.06. The highest BCUT2D eigenvalue weighted by Gasteiger charge is 2.38. The summed E-state index contributed by atoms with van der Waals surface area (Å²) in [5, 5.41) is 2.90. The van der Waals surface area contributed by atoms with Crippen LogP contribution in [0.4, 0.5) is 4.39 Å². The first-order valence-electron chi connectivity index (χ1n) is 4.67. The molecule has 2 nitrogen and oxygen atoms in total. The highest BCUT2D eigenvalue weighted by molar-refractivity contribution is 5.94. The first kappa shape index (κ1) is 9.19. The molecule has 1 aliphatic carbocycles. The van der Waals surface area contributed by atoms with Crippen molar-refractivity contribution in [3.8, 4) is 0 Å². The summed E-state index contributed by atoms with van der Waals surface area (Å²) in [7, 11) is 0. The summed E-state index contributed by atoms with van der Waals surface area (Å²) in [5.74, 6) is -0.441. The lowest BCUT2D eigenvalue weighted by Gasteiger charge is -2.10. The quantitative estimate of drug-likeness (QED) is 0.765. The first-order valence-corrected chi connectivity index (χ1v) is 4.67. The zero-order valence-corrected chi connectivity index (χ0v) is 8.01. The van der Waals surface area contributed by atoms with Gasteiger partial charge in [0.05, 0.1) is 0 Å². The minimum absolute atomic E-state index is 0.0224. The standard InChI is InChI=1S/C11H12FNO/c1-11(6-7-11)13-10(14)8-2-4-9(12)5-3-8/h2-5H,6-7H2,1H3,(H,13,14). The number of rotatable bonds is 2. The monoisotopic (exact) mass is 193 g/mol. The molecule has 0 unspecified atom stereocenters. The Bertz CT molecular complexity index is 354. The average molecular weight is 193 g/mol. The highest BCUT2D eigenvalue weighted by atomic mass is 19.1. The van der Waals surface area contributed by atoms with Gasteiger partial charge in [-0.2, -0.15) is 0 Å². The molecular formula is C11H12FNO. The predicted octanol–water partition coefficient (Wildman–Crippen LogP) is 2.11. The molecule has 0 saturated heterocycles. The molecule has 1 aromatic carbocycles. The van der Waals surface area contributed by atoms with Crippen LogP contribution in [0.25, 0.3) is 0 Å². The van der Waals surface area contributed by atoms with Gasteiger partial charge in [-0.3, -0.25) is 4.79 Å². The third-order valence-corrected chi connectivity index (χ3v) is 2.52. The summed E-state index contributed by atoms with van der Waals surface area (Å²) >= 11 is 0. The number of nitrogens with one attached hydrogen (secondary N) is 1. The molecule has 0 atom stereocenters. The van der Waals surface area contributed by atoms with Gasteiger partial charge in [0.2, 0.25) is 0 Å². The largest absolute Gasteiger partial charge is 0.347 e. The third kappa shape index (κ3) is 1.92. The fourth-order valence-corrected chi connectivity index (χ4v) is 1.26. The van der Waals surface area contributed by atoms with Crippen molar-refractivity contribution < 1.29 is 9.18 Å². The maximum absolute atomic E-state index is 12.6. The van der Waals surface area contributed by atoms with Gasteiger partial charge < -0.3 is 5.32 Å². The van der Waals surface area contributed by atoms with Gasteiger partial charge in [0.25, 0.3) is 5.91 Å². The van der Waals surface area contributed by atoms with Crippen molar-refractivity contribution in [3.63, 3.8) is 0 Å². The van der Waals surface area contributed by atoms with Crippen LogP contribution in [0.15, 0.2) is 24.3 Å². The molecule has 74 valence electrons. The van der Waals surface area contributed by atoms with E-state index >= 15 is 0 Å². The Morgan fingerprint density at radius 1 is 1.36 bits per heavy atom. The van der Waals surface area contributed by atoms with Crippen LogP contribution in [-0.2, 0) is 0 Å². The maximum Gasteiger partial charge on any atom is 0.251 e. The number of halogens is 1. The molecule has 0 bridgehead atoms. The van der Waals surface area contributed by atoms with Crippen molar-refractivity contribution in [2.24, 2.45) is 0 Å². The Labute approximate surface area is 82.1 Å². The molecule has 1 saturated carbocycles. The van der Waals surface area contributed by atoms with Gasteiger partial charge in [-0.15, -0.1) is 0 Å². The molecule has 0 aliphatic heterocycles. The minimum Gasteiger partial charge on any atom is -0.347 e. The second-order valence-corrected chi connectivity index (χ2v) is 4.02.